The van der Waals surface area contributed by atoms with Crippen LogP contribution in [-0.4, -0.2) is 17.0 Å². The molecule has 4 nitrogen and oxygen atoms in total. The highest BCUT2D eigenvalue weighted by molar-refractivity contribution is 7.14. The fraction of sp³-hybridized carbons (Fsp3) is 0.0769. The number of hydrogen-bond donors (Lipinski definition) is 2. The molecule has 1 heterocycles. The van der Waals surface area contributed by atoms with Crippen molar-refractivity contribution in [1.82, 2.24) is 0 Å². The smallest absolute Gasteiger partial charge is 0.338 e. The fourth-order valence-electron chi connectivity index (χ4n) is 1.58. The number of thiophene rings is 1. The number of aromatic carboxylic acids is 1. The van der Waals surface area contributed by atoms with Crippen LogP contribution in [0.15, 0.2) is 29.6 Å². The number of amides is 1. The molecule has 0 atom stereocenters. The summed E-state index contributed by atoms with van der Waals surface area (Å²) in [5.74, 6) is -3.27. The first-order valence-corrected chi connectivity index (χ1v) is 6.40. The third kappa shape index (κ3) is 3.18. The van der Waals surface area contributed by atoms with Crippen molar-refractivity contribution in [2.45, 2.75) is 6.42 Å². The Labute approximate surface area is 116 Å². The largest absolute Gasteiger partial charge is 0.478 e. The Balaban J connectivity index is 2.09. The number of benzene rings is 1. The van der Waals surface area contributed by atoms with Gasteiger partial charge in [-0.15, -0.1) is 11.3 Å². The highest BCUT2D eigenvalue weighted by atomic mass is 32.1. The van der Waals surface area contributed by atoms with Gasteiger partial charge in [-0.25, -0.2) is 13.6 Å². The standard InChI is InChI=1S/C13H9F2NO3S/c14-8-2-1-7(10(15)6-8)5-11(17)16-12-9(13(18)19)3-4-20-12/h1-4,6H,5H2,(H,16,17)(H,18,19). The number of carboxylic acids is 1. The van der Waals surface area contributed by atoms with Crippen LogP contribution in [0.1, 0.15) is 15.9 Å². The van der Waals surface area contributed by atoms with E-state index in [2.05, 4.69) is 5.32 Å². The van der Waals surface area contributed by atoms with Crippen molar-refractivity contribution in [3.63, 3.8) is 0 Å². The van der Waals surface area contributed by atoms with Crippen molar-refractivity contribution in [3.8, 4) is 0 Å². The maximum absolute atomic E-state index is 13.4. The van der Waals surface area contributed by atoms with Gasteiger partial charge in [-0.3, -0.25) is 4.79 Å². The van der Waals surface area contributed by atoms with E-state index in [0.717, 1.165) is 17.4 Å². The molecule has 0 bridgehead atoms. The van der Waals surface area contributed by atoms with E-state index in [-0.39, 0.29) is 22.5 Å². The van der Waals surface area contributed by atoms with Gasteiger partial charge in [-0.05, 0) is 23.1 Å². The quantitative estimate of drug-likeness (QED) is 0.912. The number of anilines is 1. The van der Waals surface area contributed by atoms with Crippen LogP contribution in [0.3, 0.4) is 0 Å². The first-order valence-electron chi connectivity index (χ1n) is 5.52. The Bertz CT molecular complexity index is 669. The average Bonchev–Trinajstić information content (AvgIpc) is 2.81. The number of carbonyl (C=O) groups excluding carboxylic acids is 1. The summed E-state index contributed by atoms with van der Waals surface area (Å²) >= 11 is 1.06. The van der Waals surface area contributed by atoms with Crippen molar-refractivity contribution in [2.75, 3.05) is 5.32 Å². The molecule has 2 N–H and O–H groups in total. The van der Waals surface area contributed by atoms with E-state index < -0.39 is 23.5 Å². The zero-order valence-electron chi connectivity index (χ0n) is 10.0. The Kier molecular flexibility index (Phi) is 4.09. The molecular weight excluding hydrogens is 288 g/mol. The van der Waals surface area contributed by atoms with Gasteiger partial charge in [-0.2, -0.15) is 0 Å². The van der Waals surface area contributed by atoms with Gasteiger partial charge < -0.3 is 10.4 Å². The number of nitrogens with one attached hydrogen (secondary N) is 1. The Morgan fingerprint density at radius 3 is 2.65 bits per heavy atom. The molecule has 104 valence electrons. The molecule has 2 aromatic rings. The molecule has 0 unspecified atom stereocenters. The van der Waals surface area contributed by atoms with Crippen LogP contribution < -0.4 is 5.32 Å². The maximum atomic E-state index is 13.4. The molecule has 2 rings (SSSR count). The zero-order valence-corrected chi connectivity index (χ0v) is 10.8. The topological polar surface area (TPSA) is 66.4 Å². The summed E-state index contributed by atoms with van der Waals surface area (Å²) in [5, 5.41) is 13.0. The van der Waals surface area contributed by atoms with Gasteiger partial charge in [-0.1, -0.05) is 6.07 Å². The molecule has 0 aliphatic carbocycles. The molecule has 1 aromatic carbocycles. The van der Waals surface area contributed by atoms with Crippen LogP contribution in [0.5, 0.6) is 0 Å². The van der Waals surface area contributed by atoms with Gasteiger partial charge in [0.2, 0.25) is 5.91 Å². The van der Waals surface area contributed by atoms with E-state index in [1.54, 1.807) is 0 Å². The monoisotopic (exact) mass is 297 g/mol. The van der Waals surface area contributed by atoms with Gasteiger partial charge in [0.25, 0.3) is 0 Å². The lowest BCUT2D eigenvalue weighted by Crippen LogP contribution is -2.16. The van der Waals surface area contributed by atoms with Crippen LogP contribution in [-0.2, 0) is 11.2 Å². The number of carboxylic acid groups (broad SMARTS) is 1. The summed E-state index contributed by atoms with van der Waals surface area (Å²) in [6.45, 7) is 0. The number of carbonyl (C=O) groups is 2. The predicted octanol–water partition coefficient (Wildman–Crippen LogP) is 2.91. The number of hydrogen-bond acceptors (Lipinski definition) is 3. The lowest BCUT2D eigenvalue weighted by molar-refractivity contribution is -0.115. The SMILES string of the molecule is O=C(Cc1ccc(F)cc1F)Nc1sccc1C(=O)O. The molecule has 1 aromatic heterocycles. The minimum Gasteiger partial charge on any atom is -0.478 e. The van der Waals surface area contributed by atoms with E-state index in [9.17, 15) is 18.4 Å². The highest BCUT2D eigenvalue weighted by Gasteiger charge is 2.15. The molecule has 0 saturated carbocycles. The predicted molar refractivity (Wildman–Crippen MR) is 70.0 cm³/mol. The first kappa shape index (κ1) is 14.1. The van der Waals surface area contributed by atoms with Gasteiger partial charge in [0.15, 0.2) is 0 Å². The van der Waals surface area contributed by atoms with Crippen molar-refractivity contribution >= 4 is 28.2 Å². The van der Waals surface area contributed by atoms with E-state index >= 15 is 0 Å². The van der Waals surface area contributed by atoms with Gasteiger partial charge in [0.1, 0.15) is 16.6 Å². The zero-order chi connectivity index (χ0) is 14.7. The van der Waals surface area contributed by atoms with E-state index in [4.69, 9.17) is 5.11 Å². The van der Waals surface area contributed by atoms with E-state index in [1.807, 2.05) is 0 Å². The molecule has 0 saturated heterocycles. The maximum Gasteiger partial charge on any atom is 0.338 e. The summed E-state index contributed by atoms with van der Waals surface area (Å²) in [6.07, 6.45) is -0.303. The minimum absolute atomic E-state index is 0.0251. The fourth-order valence-corrected chi connectivity index (χ4v) is 2.38. The summed E-state index contributed by atoms with van der Waals surface area (Å²) < 4.78 is 26.1. The Hall–Kier alpha value is -2.28. The minimum atomic E-state index is -1.16. The lowest BCUT2D eigenvalue weighted by Gasteiger charge is -2.05. The molecule has 7 heteroatoms. The van der Waals surface area contributed by atoms with Crippen LogP contribution in [0, 0.1) is 11.6 Å². The molecule has 0 radical (unpaired) electrons. The Morgan fingerprint density at radius 2 is 2.00 bits per heavy atom. The second kappa shape index (κ2) is 5.79. The van der Waals surface area contributed by atoms with Crippen LogP contribution >= 0.6 is 11.3 Å². The molecule has 0 aliphatic rings. The number of rotatable bonds is 4. The van der Waals surface area contributed by atoms with Crippen LogP contribution in [0.25, 0.3) is 0 Å². The second-order valence-electron chi connectivity index (χ2n) is 3.93. The average molecular weight is 297 g/mol. The lowest BCUT2D eigenvalue weighted by atomic mass is 10.1. The number of halogens is 2. The first-order chi connectivity index (χ1) is 9.47. The molecule has 1 amide bonds. The van der Waals surface area contributed by atoms with Crippen molar-refractivity contribution in [2.24, 2.45) is 0 Å². The third-order valence-corrected chi connectivity index (χ3v) is 3.34. The normalized spacial score (nSPS) is 10.3. The van der Waals surface area contributed by atoms with E-state index in [0.29, 0.717) is 6.07 Å². The van der Waals surface area contributed by atoms with Gasteiger partial charge in [0.05, 0.1) is 12.0 Å². The van der Waals surface area contributed by atoms with E-state index in [1.165, 1.54) is 17.5 Å². The van der Waals surface area contributed by atoms with Crippen molar-refractivity contribution < 1.29 is 23.5 Å². The summed E-state index contributed by atoms with van der Waals surface area (Å²) in [6, 6.07) is 4.29. The van der Waals surface area contributed by atoms with Crippen molar-refractivity contribution in [1.29, 1.82) is 0 Å². The summed E-state index contributed by atoms with van der Waals surface area (Å²) in [7, 11) is 0. The van der Waals surface area contributed by atoms with Crippen LogP contribution in [0.4, 0.5) is 13.8 Å². The van der Waals surface area contributed by atoms with Gasteiger partial charge >= 0.3 is 5.97 Å². The molecule has 20 heavy (non-hydrogen) atoms. The van der Waals surface area contributed by atoms with Crippen LogP contribution in [0.2, 0.25) is 0 Å². The second-order valence-corrected chi connectivity index (χ2v) is 4.85. The molecular formula is C13H9F2NO3S. The van der Waals surface area contributed by atoms with Crippen molar-refractivity contribution in [3.05, 3.63) is 52.4 Å². The molecule has 0 fully saturated rings. The Morgan fingerprint density at radius 1 is 1.25 bits per heavy atom. The molecule has 0 aliphatic heterocycles. The summed E-state index contributed by atoms with van der Waals surface area (Å²) in [5.41, 5.74) is 0.0141. The molecule has 0 spiro atoms. The third-order valence-electron chi connectivity index (χ3n) is 2.51. The highest BCUT2D eigenvalue weighted by Crippen LogP contribution is 2.23. The van der Waals surface area contributed by atoms with Gasteiger partial charge in [0, 0.05) is 6.07 Å². The summed E-state index contributed by atoms with van der Waals surface area (Å²) in [4.78, 5) is 22.6.